The van der Waals surface area contributed by atoms with Crippen molar-refractivity contribution >= 4 is 28.1 Å². The lowest BCUT2D eigenvalue weighted by atomic mass is 9.79. The Kier molecular flexibility index (Phi) is 8.33. The van der Waals surface area contributed by atoms with Gasteiger partial charge in [-0.05, 0) is 141 Å². The Morgan fingerprint density at radius 1 is 0.465 bits per heavy atom. The van der Waals surface area contributed by atoms with Crippen molar-refractivity contribution in [1.29, 1.82) is 0 Å². The molecular weight excluding hydrogens is 584 g/mol. The van der Waals surface area contributed by atoms with Gasteiger partial charge in [-0.3, -0.25) is 0 Å². The van der Waals surface area contributed by atoms with Crippen LogP contribution in [-0.2, 0) is 62.2 Å². The van der Waals surface area contributed by atoms with Crippen LogP contribution in [0.4, 0.5) is 0 Å². The Bertz CT molecular complexity index is 1590. The van der Waals surface area contributed by atoms with Gasteiger partial charge in [0, 0.05) is 4.47 Å². The third-order valence-electron chi connectivity index (χ3n) is 9.59. The molecule has 2 aliphatic carbocycles. The van der Waals surface area contributed by atoms with Gasteiger partial charge >= 0.3 is 0 Å². The molecule has 0 spiro atoms. The minimum atomic E-state index is 0.125. The Morgan fingerprint density at radius 3 is 1.19 bits per heavy atom. The highest BCUT2D eigenvalue weighted by Crippen LogP contribution is 2.34. The van der Waals surface area contributed by atoms with Crippen molar-refractivity contribution in [2.24, 2.45) is 0 Å². The van der Waals surface area contributed by atoms with Crippen molar-refractivity contribution < 1.29 is 0 Å². The van der Waals surface area contributed by atoms with Gasteiger partial charge in [0.1, 0.15) is 0 Å². The van der Waals surface area contributed by atoms with Gasteiger partial charge in [-0.15, -0.1) is 0 Å². The molecule has 0 saturated heterocycles. The minimum Gasteiger partial charge on any atom is -0.0617 e. The number of hydrogen-bond donors (Lipinski definition) is 0. The first-order valence-electron chi connectivity index (χ1n) is 16.3. The van der Waals surface area contributed by atoms with Crippen molar-refractivity contribution in [2.75, 3.05) is 0 Å². The average Bonchev–Trinajstić information content (AvgIpc) is 2.94. The van der Waals surface area contributed by atoms with Crippen molar-refractivity contribution in [1.82, 2.24) is 0 Å². The Morgan fingerprint density at radius 2 is 0.814 bits per heavy atom. The first-order valence-corrected chi connectivity index (χ1v) is 17.1. The summed E-state index contributed by atoms with van der Waals surface area (Å²) in [6.45, 7) is 14.1. The van der Waals surface area contributed by atoms with Gasteiger partial charge < -0.3 is 0 Å². The van der Waals surface area contributed by atoms with Crippen molar-refractivity contribution in [3.8, 4) is 0 Å². The summed E-state index contributed by atoms with van der Waals surface area (Å²) >= 11 is 3.77. The molecule has 0 fully saturated rings. The maximum absolute atomic E-state index is 3.77. The highest BCUT2D eigenvalue weighted by atomic mass is 79.9. The van der Waals surface area contributed by atoms with Crippen LogP contribution in [0.25, 0.3) is 12.2 Å². The number of halogens is 1. The van der Waals surface area contributed by atoms with Crippen LogP contribution in [0.1, 0.15) is 108 Å². The minimum absolute atomic E-state index is 0.125. The summed E-state index contributed by atoms with van der Waals surface area (Å²) in [6, 6.07) is 26.4. The smallest absolute Gasteiger partial charge is 0.0180 e. The van der Waals surface area contributed by atoms with Crippen LogP contribution in [0.2, 0.25) is 0 Å². The molecule has 2 aliphatic rings. The molecule has 43 heavy (non-hydrogen) atoms. The second-order valence-electron chi connectivity index (χ2n) is 15.0. The molecule has 0 amide bonds. The SMILES string of the molecule is CC(C)(C)c1cc2c(/C=C\c3c4cc(C(C)(C)C)cc3CCc3cc(Br)cc(c3)CC4)c(c1)CCc1cccc(c1)CC2. The van der Waals surface area contributed by atoms with Gasteiger partial charge in [0.15, 0.2) is 0 Å². The van der Waals surface area contributed by atoms with E-state index in [2.05, 4.69) is 136 Å². The molecule has 0 nitrogen and oxygen atoms in total. The van der Waals surface area contributed by atoms with Gasteiger partial charge in [0.2, 0.25) is 0 Å². The van der Waals surface area contributed by atoms with Crippen LogP contribution in [0.5, 0.6) is 0 Å². The van der Waals surface area contributed by atoms with Crippen LogP contribution >= 0.6 is 15.9 Å². The Labute approximate surface area is 268 Å². The second-order valence-corrected chi connectivity index (χ2v) is 16.0. The van der Waals surface area contributed by atoms with Crippen molar-refractivity contribution in [3.63, 3.8) is 0 Å². The maximum Gasteiger partial charge on any atom is 0.0180 e. The average molecular weight is 632 g/mol. The normalized spacial score (nSPS) is 15.4. The number of aryl methyl sites for hydroxylation is 8. The lowest BCUT2D eigenvalue weighted by molar-refractivity contribution is 0.587. The highest BCUT2D eigenvalue weighted by Gasteiger charge is 2.21. The molecule has 0 N–H and O–H groups in total. The number of hydrogen-bond acceptors (Lipinski definition) is 0. The standard InChI is InChI=1S/C42H47Br/c1-41(2,3)36-24-32-14-10-28-8-7-9-29(20-28)11-15-33(25-36)39(32)18-19-40-34-16-12-30-21-31(23-38(43)22-30)13-17-35(40)27-37(26-34)42(4,5)6/h7-9,18-27H,10-17H2,1-6H3/b19-18-. The second kappa shape index (κ2) is 11.9. The summed E-state index contributed by atoms with van der Waals surface area (Å²) in [5.41, 5.74) is 17.9. The predicted octanol–water partition coefficient (Wildman–Crippen LogP) is 11.0. The Hall–Kier alpha value is -2.90. The van der Waals surface area contributed by atoms with Crippen LogP contribution in [0.3, 0.4) is 0 Å². The van der Waals surface area contributed by atoms with E-state index < -0.39 is 0 Å². The maximum atomic E-state index is 3.77. The molecule has 0 saturated carbocycles. The molecule has 0 unspecified atom stereocenters. The largest absolute Gasteiger partial charge is 0.0617 e. The molecule has 8 bridgehead atoms. The predicted molar refractivity (Wildman–Crippen MR) is 189 cm³/mol. The molecule has 0 atom stereocenters. The lowest BCUT2D eigenvalue weighted by Gasteiger charge is -2.25. The summed E-state index contributed by atoms with van der Waals surface area (Å²) in [6.07, 6.45) is 13.6. The fraction of sp³-hybridized carbons (Fsp3) is 0.381. The van der Waals surface area contributed by atoms with Crippen LogP contribution in [0.15, 0.2) is 71.2 Å². The summed E-state index contributed by atoms with van der Waals surface area (Å²) in [5.74, 6) is 0. The van der Waals surface area contributed by atoms with Crippen LogP contribution in [-0.4, -0.2) is 0 Å². The van der Waals surface area contributed by atoms with E-state index in [0.29, 0.717) is 0 Å². The Balaban J connectivity index is 1.47. The summed E-state index contributed by atoms with van der Waals surface area (Å²) in [7, 11) is 0. The third kappa shape index (κ3) is 6.93. The van der Waals surface area contributed by atoms with Gasteiger partial charge in [-0.25, -0.2) is 0 Å². The molecule has 6 rings (SSSR count). The van der Waals surface area contributed by atoms with Gasteiger partial charge in [-0.1, -0.05) is 124 Å². The molecule has 4 aromatic carbocycles. The molecule has 1 heteroatoms. The van der Waals surface area contributed by atoms with E-state index in [4.69, 9.17) is 0 Å². The van der Waals surface area contributed by atoms with Gasteiger partial charge in [0.05, 0.1) is 0 Å². The van der Waals surface area contributed by atoms with Crippen LogP contribution < -0.4 is 0 Å². The molecule has 4 aromatic rings. The van der Waals surface area contributed by atoms with E-state index in [1.54, 1.807) is 0 Å². The first kappa shape index (κ1) is 30.1. The number of benzene rings is 4. The summed E-state index contributed by atoms with van der Waals surface area (Å²) < 4.78 is 1.21. The monoisotopic (exact) mass is 630 g/mol. The zero-order valence-corrected chi connectivity index (χ0v) is 28.6. The molecule has 0 heterocycles. The van der Waals surface area contributed by atoms with E-state index >= 15 is 0 Å². The van der Waals surface area contributed by atoms with E-state index in [1.165, 1.54) is 71.2 Å². The first-order chi connectivity index (χ1) is 20.4. The van der Waals surface area contributed by atoms with E-state index in [0.717, 1.165) is 51.4 Å². The fourth-order valence-corrected chi connectivity index (χ4v) is 7.50. The highest BCUT2D eigenvalue weighted by molar-refractivity contribution is 9.10. The summed E-state index contributed by atoms with van der Waals surface area (Å²) in [5, 5.41) is 0. The summed E-state index contributed by atoms with van der Waals surface area (Å²) in [4.78, 5) is 0. The molecule has 0 aliphatic heterocycles. The van der Waals surface area contributed by atoms with Crippen molar-refractivity contribution in [2.45, 2.75) is 104 Å². The van der Waals surface area contributed by atoms with Gasteiger partial charge in [0.25, 0.3) is 0 Å². The number of fused-ring (bicyclic) bond motifs is 8. The topological polar surface area (TPSA) is 0 Å². The quantitative estimate of drug-likeness (QED) is 0.193. The third-order valence-corrected chi connectivity index (χ3v) is 10.1. The van der Waals surface area contributed by atoms with Crippen LogP contribution in [0, 0.1) is 0 Å². The zero-order valence-electron chi connectivity index (χ0n) is 27.0. The van der Waals surface area contributed by atoms with E-state index in [1.807, 2.05) is 0 Å². The van der Waals surface area contributed by atoms with E-state index in [9.17, 15) is 0 Å². The number of rotatable bonds is 2. The van der Waals surface area contributed by atoms with Gasteiger partial charge in [-0.2, -0.15) is 0 Å². The molecule has 0 radical (unpaired) electrons. The van der Waals surface area contributed by atoms with Crippen molar-refractivity contribution in [3.05, 3.63) is 138 Å². The fourth-order valence-electron chi connectivity index (χ4n) is 6.91. The molecular formula is C42H47Br. The zero-order chi connectivity index (χ0) is 30.4. The molecule has 0 aromatic heterocycles. The lowest BCUT2D eigenvalue weighted by Crippen LogP contribution is -2.15. The molecule has 222 valence electrons. The van der Waals surface area contributed by atoms with E-state index in [-0.39, 0.29) is 10.8 Å².